The van der Waals surface area contributed by atoms with E-state index in [0.717, 1.165) is 5.56 Å². The second-order valence-corrected chi connectivity index (χ2v) is 2.91. The molecule has 0 spiro atoms. The van der Waals surface area contributed by atoms with E-state index in [9.17, 15) is 4.39 Å². The maximum Gasteiger partial charge on any atom is 0.144 e. The second-order valence-electron chi connectivity index (χ2n) is 2.91. The van der Waals surface area contributed by atoms with Crippen LogP contribution in [0.4, 0.5) is 4.39 Å². The Morgan fingerprint density at radius 2 is 1.87 bits per heavy atom. The molecule has 0 atom stereocenters. The van der Waals surface area contributed by atoms with Crippen LogP contribution < -0.4 is 0 Å². The van der Waals surface area contributed by atoms with Crippen molar-refractivity contribution < 1.29 is 4.39 Å². The van der Waals surface area contributed by atoms with Crippen molar-refractivity contribution in [1.82, 2.24) is 9.97 Å². The van der Waals surface area contributed by atoms with Gasteiger partial charge in [0.25, 0.3) is 0 Å². The Labute approximate surface area is 85.9 Å². The van der Waals surface area contributed by atoms with E-state index in [2.05, 4.69) is 9.97 Å². The summed E-state index contributed by atoms with van der Waals surface area (Å²) in [5, 5.41) is 8.65. The van der Waals surface area contributed by atoms with Gasteiger partial charge in [-0.1, -0.05) is 0 Å². The van der Waals surface area contributed by atoms with Crippen molar-refractivity contribution in [2.24, 2.45) is 0 Å². The first-order valence-corrected chi connectivity index (χ1v) is 4.27. The third-order valence-corrected chi connectivity index (χ3v) is 1.92. The Kier molecular flexibility index (Phi) is 2.38. The van der Waals surface area contributed by atoms with E-state index in [-0.39, 0.29) is 5.82 Å². The molecular formula is C11H6FN3. The molecule has 1 aromatic heterocycles. The topological polar surface area (TPSA) is 49.6 Å². The van der Waals surface area contributed by atoms with Crippen molar-refractivity contribution in [3.05, 3.63) is 48.2 Å². The van der Waals surface area contributed by atoms with Gasteiger partial charge < -0.3 is 0 Å². The molecular weight excluding hydrogens is 193 g/mol. The minimum atomic E-state index is -0.298. The lowest BCUT2D eigenvalue weighted by molar-refractivity contribution is 0.628. The van der Waals surface area contributed by atoms with Crippen LogP contribution in [0, 0.1) is 17.1 Å². The van der Waals surface area contributed by atoms with Crippen LogP contribution in [-0.2, 0) is 0 Å². The zero-order valence-electron chi connectivity index (χ0n) is 7.68. The summed E-state index contributed by atoms with van der Waals surface area (Å²) in [7, 11) is 0. The molecule has 0 amide bonds. The summed E-state index contributed by atoms with van der Waals surface area (Å²) in [5.74, 6) is -0.298. The summed E-state index contributed by atoms with van der Waals surface area (Å²) in [6.45, 7) is 0. The van der Waals surface area contributed by atoms with E-state index in [1.165, 1.54) is 18.5 Å². The number of halogens is 1. The predicted molar refractivity (Wildman–Crippen MR) is 52.1 cm³/mol. The zero-order valence-corrected chi connectivity index (χ0v) is 7.68. The molecule has 0 aliphatic rings. The standard InChI is InChI=1S/C11H6FN3/c12-9-3-1-8(2-4-9)11-5-10(6-13)14-7-15-11/h1-5,7H. The van der Waals surface area contributed by atoms with Crippen molar-refractivity contribution in [2.45, 2.75) is 0 Å². The number of hydrogen-bond donors (Lipinski definition) is 0. The van der Waals surface area contributed by atoms with E-state index in [0.29, 0.717) is 11.4 Å². The fraction of sp³-hybridized carbons (Fsp3) is 0. The molecule has 3 nitrogen and oxygen atoms in total. The third-order valence-electron chi connectivity index (χ3n) is 1.92. The molecule has 0 N–H and O–H groups in total. The van der Waals surface area contributed by atoms with E-state index in [1.807, 2.05) is 6.07 Å². The van der Waals surface area contributed by atoms with Crippen LogP contribution in [0.25, 0.3) is 11.3 Å². The van der Waals surface area contributed by atoms with Gasteiger partial charge >= 0.3 is 0 Å². The van der Waals surface area contributed by atoms with Gasteiger partial charge in [-0.15, -0.1) is 0 Å². The highest BCUT2D eigenvalue weighted by Crippen LogP contribution is 2.16. The molecule has 2 aromatic rings. The molecule has 15 heavy (non-hydrogen) atoms. The number of rotatable bonds is 1. The van der Waals surface area contributed by atoms with Crippen LogP contribution in [0.2, 0.25) is 0 Å². The average Bonchev–Trinajstić information content (AvgIpc) is 2.30. The average molecular weight is 199 g/mol. The number of benzene rings is 1. The number of nitriles is 1. The lowest BCUT2D eigenvalue weighted by atomic mass is 10.1. The molecule has 0 radical (unpaired) electrons. The number of hydrogen-bond acceptors (Lipinski definition) is 3. The van der Waals surface area contributed by atoms with Crippen molar-refractivity contribution >= 4 is 0 Å². The van der Waals surface area contributed by atoms with E-state index in [1.54, 1.807) is 18.2 Å². The van der Waals surface area contributed by atoms with Gasteiger partial charge in [-0.2, -0.15) is 5.26 Å². The van der Waals surface area contributed by atoms with Crippen LogP contribution in [0.3, 0.4) is 0 Å². The maximum atomic E-state index is 12.7. The van der Waals surface area contributed by atoms with Crippen LogP contribution in [0.1, 0.15) is 5.69 Å². The van der Waals surface area contributed by atoms with Crippen LogP contribution in [0.5, 0.6) is 0 Å². The van der Waals surface area contributed by atoms with Crippen LogP contribution >= 0.6 is 0 Å². The fourth-order valence-electron chi connectivity index (χ4n) is 1.20. The van der Waals surface area contributed by atoms with Gasteiger partial charge in [0, 0.05) is 11.6 Å². The van der Waals surface area contributed by atoms with Gasteiger partial charge in [-0.3, -0.25) is 0 Å². The second kappa shape index (κ2) is 3.84. The zero-order chi connectivity index (χ0) is 10.7. The minimum absolute atomic E-state index is 0.296. The fourth-order valence-corrected chi connectivity index (χ4v) is 1.20. The van der Waals surface area contributed by atoms with Crippen molar-refractivity contribution in [2.75, 3.05) is 0 Å². The van der Waals surface area contributed by atoms with Crippen molar-refractivity contribution in [1.29, 1.82) is 5.26 Å². The normalized spacial score (nSPS) is 9.60. The van der Waals surface area contributed by atoms with Crippen LogP contribution in [-0.4, -0.2) is 9.97 Å². The maximum absolute atomic E-state index is 12.7. The first-order chi connectivity index (χ1) is 7.29. The number of aromatic nitrogens is 2. The highest BCUT2D eigenvalue weighted by Gasteiger charge is 2.01. The van der Waals surface area contributed by atoms with E-state index >= 15 is 0 Å². The van der Waals surface area contributed by atoms with Gasteiger partial charge in [-0.05, 0) is 24.3 Å². The van der Waals surface area contributed by atoms with Crippen LogP contribution in [0.15, 0.2) is 36.7 Å². The van der Waals surface area contributed by atoms with Gasteiger partial charge in [-0.25, -0.2) is 14.4 Å². The predicted octanol–water partition coefficient (Wildman–Crippen LogP) is 2.15. The smallest absolute Gasteiger partial charge is 0.144 e. The van der Waals surface area contributed by atoms with E-state index in [4.69, 9.17) is 5.26 Å². The molecule has 72 valence electrons. The Balaban J connectivity index is 2.46. The minimum Gasteiger partial charge on any atom is -0.236 e. The monoisotopic (exact) mass is 199 g/mol. The van der Waals surface area contributed by atoms with Gasteiger partial charge in [0.2, 0.25) is 0 Å². The van der Waals surface area contributed by atoms with E-state index < -0.39 is 0 Å². The summed E-state index contributed by atoms with van der Waals surface area (Å²) >= 11 is 0. The molecule has 0 bridgehead atoms. The van der Waals surface area contributed by atoms with Gasteiger partial charge in [0.1, 0.15) is 23.9 Å². The largest absolute Gasteiger partial charge is 0.236 e. The first-order valence-electron chi connectivity index (χ1n) is 4.27. The summed E-state index contributed by atoms with van der Waals surface area (Å²) < 4.78 is 12.7. The van der Waals surface area contributed by atoms with Gasteiger partial charge in [0.05, 0.1) is 5.69 Å². The summed E-state index contributed by atoms with van der Waals surface area (Å²) in [6, 6.07) is 9.41. The quantitative estimate of drug-likeness (QED) is 0.707. The molecule has 0 aliphatic heterocycles. The summed E-state index contributed by atoms with van der Waals surface area (Å²) in [6.07, 6.45) is 1.32. The first kappa shape index (κ1) is 9.28. The Morgan fingerprint density at radius 1 is 1.13 bits per heavy atom. The summed E-state index contributed by atoms with van der Waals surface area (Å²) in [4.78, 5) is 7.76. The molecule has 0 saturated carbocycles. The number of nitrogens with zero attached hydrogens (tertiary/aromatic N) is 3. The molecule has 0 saturated heterocycles. The van der Waals surface area contributed by atoms with Gasteiger partial charge in [0.15, 0.2) is 0 Å². The lowest BCUT2D eigenvalue weighted by Gasteiger charge is -1.99. The molecule has 1 heterocycles. The molecule has 0 fully saturated rings. The third kappa shape index (κ3) is 1.97. The molecule has 4 heteroatoms. The molecule has 2 rings (SSSR count). The molecule has 0 unspecified atom stereocenters. The van der Waals surface area contributed by atoms with Crippen molar-refractivity contribution in [3.63, 3.8) is 0 Å². The summed E-state index contributed by atoms with van der Waals surface area (Å²) in [5.41, 5.74) is 1.67. The lowest BCUT2D eigenvalue weighted by Crippen LogP contribution is -1.88. The highest BCUT2D eigenvalue weighted by molar-refractivity contribution is 5.59. The van der Waals surface area contributed by atoms with Crippen molar-refractivity contribution in [3.8, 4) is 17.3 Å². The highest BCUT2D eigenvalue weighted by atomic mass is 19.1. The SMILES string of the molecule is N#Cc1cc(-c2ccc(F)cc2)ncn1. The molecule has 1 aromatic carbocycles. The Morgan fingerprint density at radius 3 is 2.53 bits per heavy atom. The molecule has 0 aliphatic carbocycles. The Bertz CT molecular complexity index is 514. The Hall–Kier alpha value is -2.28.